The van der Waals surface area contributed by atoms with E-state index in [0.717, 1.165) is 5.56 Å². The van der Waals surface area contributed by atoms with Gasteiger partial charge in [-0.2, -0.15) is 0 Å². The molecule has 0 bridgehead atoms. The van der Waals surface area contributed by atoms with Crippen LogP contribution in [0.5, 0.6) is 5.75 Å². The zero-order valence-electron chi connectivity index (χ0n) is 18.5. The van der Waals surface area contributed by atoms with Crippen molar-refractivity contribution >= 4 is 33.0 Å². The maximum absolute atomic E-state index is 13.0. The minimum atomic E-state index is -4.03. The van der Waals surface area contributed by atoms with Crippen molar-refractivity contribution < 1.29 is 17.9 Å². The first-order valence-corrected chi connectivity index (χ1v) is 11.5. The lowest BCUT2D eigenvalue weighted by Crippen LogP contribution is -2.18. The van der Waals surface area contributed by atoms with Crippen molar-refractivity contribution in [1.29, 1.82) is 0 Å². The second-order valence-corrected chi connectivity index (χ2v) is 9.99. The molecule has 0 radical (unpaired) electrons. The minimum Gasteiger partial charge on any atom is -0.495 e. The van der Waals surface area contributed by atoms with Crippen molar-refractivity contribution in [3.63, 3.8) is 0 Å². The largest absolute Gasteiger partial charge is 0.495 e. The van der Waals surface area contributed by atoms with E-state index in [1.165, 1.54) is 19.2 Å². The van der Waals surface area contributed by atoms with Crippen molar-refractivity contribution in [2.24, 2.45) is 0 Å². The molecule has 0 aromatic heterocycles. The van der Waals surface area contributed by atoms with Crippen molar-refractivity contribution in [3.05, 3.63) is 77.9 Å². The summed E-state index contributed by atoms with van der Waals surface area (Å²) in [5, 5.41) is 2.78. The quantitative estimate of drug-likeness (QED) is 0.471. The standard InChI is InChI=1S/C24H27N3O4S/c1-24(2,3)17-11-9-16(10-12-17)23(28)26-19-7-5-6-8-20(19)27-32(29,30)22-15-18(25)13-14-21(22)31-4/h5-15,27H,25H2,1-4H3,(H,26,28). The lowest BCUT2D eigenvalue weighted by atomic mass is 9.87. The fourth-order valence-electron chi connectivity index (χ4n) is 3.10. The Morgan fingerprint density at radius 2 is 1.56 bits per heavy atom. The van der Waals surface area contributed by atoms with Gasteiger partial charge in [-0.25, -0.2) is 8.42 Å². The summed E-state index contributed by atoms with van der Waals surface area (Å²) in [4.78, 5) is 12.7. The molecule has 3 aromatic carbocycles. The number of anilines is 3. The van der Waals surface area contributed by atoms with E-state index < -0.39 is 10.0 Å². The van der Waals surface area contributed by atoms with E-state index in [-0.39, 0.29) is 33.3 Å². The Morgan fingerprint density at radius 3 is 2.16 bits per heavy atom. The van der Waals surface area contributed by atoms with Crippen molar-refractivity contribution in [3.8, 4) is 5.75 Å². The van der Waals surface area contributed by atoms with Gasteiger partial charge in [0.25, 0.3) is 15.9 Å². The van der Waals surface area contributed by atoms with Gasteiger partial charge in [-0.1, -0.05) is 45.0 Å². The highest BCUT2D eigenvalue weighted by atomic mass is 32.2. The van der Waals surface area contributed by atoms with Gasteiger partial charge in [-0.3, -0.25) is 9.52 Å². The normalized spacial score (nSPS) is 11.6. The first-order chi connectivity index (χ1) is 15.0. The highest BCUT2D eigenvalue weighted by Crippen LogP contribution is 2.30. The summed E-state index contributed by atoms with van der Waals surface area (Å²) in [6, 6.07) is 18.2. The van der Waals surface area contributed by atoms with Crippen LogP contribution in [-0.2, 0) is 15.4 Å². The summed E-state index contributed by atoms with van der Waals surface area (Å²) in [5.41, 5.74) is 8.14. The summed E-state index contributed by atoms with van der Waals surface area (Å²) in [6.45, 7) is 6.29. The van der Waals surface area contributed by atoms with E-state index in [2.05, 4.69) is 30.8 Å². The molecule has 7 nitrogen and oxygen atoms in total. The number of rotatable bonds is 6. The number of nitrogens with one attached hydrogen (secondary N) is 2. The molecule has 0 aliphatic rings. The van der Waals surface area contributed by atoms with Crippen molar-refractivity contribution in [2.45, 2.75) is 31.1 Å². The van der Waals surface area contributed by atoms with Gasteiger partial charge >= 0.3 is 0 Å². The molecular formula is C24H27N3O4S. The number of para-hydroxylation sites is 2. The van der Waals surface area contributed by atoms with E-state index in [1.807, 2.05) is 12.1 Å². The number of hydrogen-bond donors (Lipinski definition) is 3. The number of hydrogen-bond acceptors (Lipinski definition) is 5. The van der Waals surface area contributed by atoms with Gasteiger partial charge < -0.3 is 15.8 Å². The number of benzene rings is 3. The van der Waals surface area contributed by atoms with Gasteiger partial charge in [0.05, 0.1) is 18.5 Å². The number of nitrogens with two attached hydrogens (primary N) is 1. The van der Waals surface area contributed by atoms with Crippen LogP contribution in [0.15, 0.2) is 71.6 Å². The summed E-state index contributed by atoms with van der Waals surface area (Å²) >= 11 is 0. The number of carbonyl (C=O) groups excluding carboxylic acids is 1. The molecule has 0 fully saturated rings. The van der Waals surface area contributed by atoms with Crippen LogP contribution in [-0.4, -0.2) is 21.4 Å². The zero-order valence-corrected chi connectivity index (χ0v) is 19.3. The van der Waals surface area contributed by atoms with Gasteiger partial charge in [-0.05, 0) is 53.4 Å². The Hall–Kier alpha value is -3.52. The third-order valence-electron chi connectivity index (χ3n) is 4.91. The van der Waals surface area contributed by atoms with Gasteiger partial charge in [-0.15, -0.1) is 0 Å². The first kappa shape index (κ1) is 23.1. The summed E-state index contributed by atoms with van der Waals surface area (Å²) in [6.07, 6.45) is 0. The lowest BCUT2D eigenvalue weighted by molar-refractivity contribution is 0.102. The average Bonchev–Trinajstić information content (AvgIpc) is 2.74. The Labute approximate surface area is 188 Å². The Kier molecular flexibility index (Phi) is 6.45. The van der Waals surface area contributed by atoms with E-state index in [0.29, 0.717) is 11.3 Å². The molecule has 0 aliphatic heterocycles. The van der Waals surface area contributed by atoms with Gasteiger partial charge in [0.2, 0.25) is 0 Å². The molecule has 8 heteroatoms. The van der Waals surface area contributed by atoms with Gasteiger partial charge in [0.1, 0.15) is 10.6 Å². The molecule has 0 saturated carbocycles. The molecule has 32 heavy (non-hydrogen) atoms. The van der Waals surface area contributed by atoms with Crippen LogP contribution in [0.3, 0.4) is 0 Å². The SMILES string of the molecule is COc1ccc(N)cc1S(=O)(=O)Nc1ccccc1NC(=O)c1ccc(C(C)(C)C)cc1. The van der Waals surface area contributed by atoms with Crippen LogP contribution in [0.2, 0.25) is 0 Å². The average molecular weight is 454 g/mol. The van der Waals surface area contributed by atoms with Crippen molar-refractivity contribution in [2.75, 3.05) is 22.9 Å². The number of sulfonamides is 1. The van der Waals surface area contributed by atoms with Gasteiger partial charge in [0, 0.05) is 11.3 Å². The molecule has 3 aromatic rings. The van der Waals surface area contributed by atoms with Crippen LogP contribution in [0.4, 0.5) is 17.1 Å². The van der Waals surface area contributed by atoms with Crippen LogP contribution in [0.25, 0.3) is 0 Å². The Bertz CT molecular complexity index is 1230. The Balaban J connectivity index is 1.86. The molecule has 4 N–H and O–H groups in total. The number of ether oxygens (including phenoxy) is 1. The van der Waals surface area contributed by atoms with Crippen LogP contribution in [0, 0.1) is 0 Å². The van der Waals surface area contributed by atoms with Crippen LogP contribution < -0.4 is 20.5 Å². The van der Waals surface area contributed by atoms with Crippen LogP contribution in [0.1, 0.15) is 36.7 Å². The molecule has 3 rings (SSSR count). The van der Waals surface area contributed by atoms with Gasteiger partial charge in [0.15, 0.2) is 0 Å². The van der Waals surface area contributed by atoms with E-state index in [1.54, 1.807) is 42.5 Å². The third-order valence-corrected chi connectivity index (χ3v) is 6.30. The van der Waals surface area contributed by atoms with E-state index in [4.69, 9.17) is 10.5 Å². The minimum absolute atomic E-state index is 0.0260. The third kappa shape index (κ3) is 5.20. The summed E-state index contributed by atoms with van der Waals surface area (Å²) in [5.74, 6) is -0.189. The molecule has 0 unspecified atom stereocenters. The van der Waals surface area contributed by atoms with E-state index >= 15 is 0 Å². The fourth-order valence-corrected chi connectivity index (χ4v) is 4.39. The van der Waals surface area contributed by atoms with Crippen molar-refractivity contribution in [1.82, 2.24) is 0 Å². The molecule has 168 valence electrons. The Morgan fingerprint density at radius 1 is 0.938 bits per heavy atom. The second-order valence-electron chi connectivity index (χ2n) is 8.34. The first-order valence-electron chi connectivity index (χ1n) is 9.98. The second kappa shape index (κ2) is 8.92. The maximum Gasteiger partial charge on any atom is 0.265 e. The topological polar surface area (TPSA) is 111 Å². The number of nitrogen functional groups attached to an aromatic ring is 1. The smallest absolute Gasteiger partial charge is 0.265 e. The van der Waals surface area contributed by atoms with Crippen LogP contribution >= 0.6 is 0 Å². The summed E-state index contributed by atoms with van der Waals surface area (Å²) in [7, 11) is -2.65. The summed E-state index contributed by atoms with van der Waals surface area (Å²) < 4.78 is 33.7. The maximum atomic E-state index is 13.0. The molecule has 1 amide bonds. The number of carbonyl (C=O) groups is 1. The van der Waals surface area contributed by atoms with E-state index in [9.17, 15) is 13.2 Å². The fraction of sp³-hybridized carbons (Fsp3) is 0.208. The molecular weight excluding hydrogens is 426 g/mol. The molecule has 0 aliphatic carbocycles. The molecule has 0 atom stereocenters. The molecule has 0 saturated heterocycles. The number of amides is 1. The zero-order chi connectivity index (χ0) is 23.5. The molecule has 0 heterocycles. The lowest BCUT2D eigenvalue weighted by Gasteiger charge is -2.19. The predicted octanol–water partition coefficient (Wildman–Crippen LogP) is 4.63. The number of methoxy groups -OCH3 is 1. The highest BCUT2D eigenvalue weighted by Gasteiger charge is 2.22. The predicted molar refractivity (Wildman–Crippen MR) is 128 cm³/mol. The monoisotopic (exact) mass is 453 g/mol. The highest BCUT2D eigenvalue weighted by molar-refractivity contribution is 7.92. The molecule has 0 spiro atoms.